The minimum absolute atomic E-state index is 0.0280. The Bertz CT molecular complexity index is 1070. The van der Waals surface area contributed by atoms with Gasteiger partial charge in [0.1, 0.15) is 11.4 Å². The predicted molar refractivity (Wildman–Crippen MR) is 125 cm³/mol. The lowest BCUT2D eigenvalue weighted by Crippen LogP contribution is -2.43. The zero-order chi connectivity index (χ0) is 22.1. The smallest absolute Gasteiger partial charge is 0.278 e. The molecule has 166 valence electrons. The molecule has 0 bridgehead atoms. The summed E-state index contributed by atoms with van der Waals surface area (Å²) in [5.41, 5.74) is 3.94. The Balaban J connectivity index is 1.66. The van der Waals surface area contributed by atoms with Crippen molar-refractivity contribution in [1.29, 1.82) is 0 Å². The van der Waals surface area contributed by atoms with E-state index in [2.05, 4.69) is 17.0 Å². The highest BCUT2D eigenvalue weighted by atomic mass is 16.5. The molecule has 0 atom stereocenters. The third-order valence-corrected chi connectivity index (χ3v) is 7.04. The molecular weight excluding hydrogens is 400 g/mol. The fraction of sp³-hybridized carbons (Fsp3) is 0.407. The van der Waals surface area contributed by atoms with E-state index in [0.29, 0.717) is 22.6 Å². The Morgan fingerprint density at radius 1 is 0.844 bits per heavy atom. The van der Waals surface area contributed by atoms with Crippen molar-refractivity contribution in [3.8, 4) is 5.75 Å². The van der Waals surface area contributed by atoms with Crippen LogP contribution in [-0.4, -0.2) is 36.4 Å². The number of fused-ring (bicyclic) bond motifs is 1. The maximum Gasteiger partial charge on any atom is 0.278 e. The van der Waals surface area contributed by atoms with Gasteiger partial charge in [0.15, 0.2) is 0 Å². The molecule has 0 unspecified atom stereocenters. The van der Waals surface area contributed by atoms with E-state index in [1.54, 1.807) is 12.0 Å². The molecule has 0 radical (unpaired) electrons. The molecule has 5 rings (SSSR count). The zero-order valence-corrected chi connectivity index (χ0v) is 18.7. The number of aryl methyl sites for hydroxylation is 1. The van der Waals surface area contributed by atoms with E-state index in [1.807, 2.05) is 36.4 Å². The summed E-state index contributed by atoms with van der Waals surface area (Å²) < 4.78 is 5.61. The minimum atomic E-state index is -0.176. The average molecular weight is 431 g/mol. The summed E-state index contributed by atoms with van der Waals surface area (Å²) in [4.78, 5) is 31.6. The summed E-state index contributed by atoms with van der Waals surface area (Å²) in [6, 6.07) is 15.7. The van der Waals surface area contributed by atoms with Gasteiger partial charge in [0, 0.05) is 23.8 Å². The van der Waals surface area contributed by atoms with E-state index in [1.165, 1.54) is 18.4 Å². The van der Waals surface area contributed by atoms with Crippen molar-refractivity contribution in [2.24, 2.45) is 0 Å². The number of anilines is 1. The number of para-hydroxylation sites is 2. The maximum atomic E-state index is 14.0. The van der Waals surface area contributed by atoms with Crippen LogP contribution in [0, 0.1) is 0 Å². The Labute approximate surface area is 189 Å². The molecule has 1 aliphatic carbocycles. The molecule has 2 aromatic rings. The molecule has 1 fully saturated rings. The van der Waals surface area contributed by atoms with Crippen molar-refractivity contribution in [1.82, 2.24) is 4.90 Å². The molecule has 0 spiro atoms. The van der Waals surface area contributed by atoms with Gasteiger partial charge in [-0.3, -0.25) is 14.5 Å². The van der Waals surface area contributed by atoms with Crippen molar-refractivity contribution in [2.75, 3.05) is 18.6 Å². The van der Waals surface area contributed by atoms with Gasteiger partial charge in [-0.05, 0) is 43.4 Å². The second-order valence-electron chi connectivity index (χ2n) is 8.93. The fourth-order valence-corrected chi connectivity index (χ4v) is 5.49. The lowest BCUT2D eigenvalue weighted by Gasteiger charge is -2.33. The minimum Gasteiger partial charge on any atom is -0.496 e. The first-order chi connectivity index (χ1) is 15.7. The summed E-state index contributed by atoms with van der Waals surface area (Å²) in [6.45, 7) is 0.725. The monoisotopic (exact) mass is 430 g/mol. The number of carbonyl (C=O) groups is 2. The number of carbonyl (C=O) groups excluding carboxylic acids is 2. The molecule has 2 aliphatic heterocycles. The molecule has 32 heavy (non-hydrogen) atoms. The molecule has 2 amide bonds. The fourth-order valence-electron chi connectivity index (χ4n) is 5.49. The summed E-state index contributed by atoms with van der Waals surface area (Å²) in [5.74, 6) is 0.290. The molecule has 3 aliphatic rings. The Kier molecular flexibility index (Phi) is 5.73. The van der Waals surface area contributed by atoms with E-state index in [4.69, 9.17) is 4.74 Å². The quantitative estimate of drug-likeness (QED) is 0.509. The van der Waals surface area contributed by atoms with Gasteiger partial charge in [0.05, 0.1) is 12.7 Å². The SMILES string of the molecule is COc1ccccc1C1=C(N2CCCc3ccccc32)C(=O)N(C2CCCCCC2)C1=O. The predicted octanol–water partition coefficient (Wildman–Crippen LogP) is 4.95. The molecule has 0 aromatic heterocycles. The number of rotatable bonds is 4. The van der Waals surface area contributed by atoms with Gasteiger partial charge in [0.25, 0.3) is 11.8 Å². The van der Waals surface area contributed by atoms with Crippen LogP contribution in [0.4, 0.5) is 5.69 Å². The van der Waals surface area contributed by atoms with Gasteiger partial charge in [-0.1, -0.05) is 62.1 Å². The van der Waals surface area contributed by atoms with Crippen molar-refractivity contribution < 1.29 is 14.3 Å². The van der Waals surface area contributed by atoms with E-state index in [9.17, 15) is 9.59 Å². The normalized spacial score (nSPS) is 19.9. The van der Waals surface area contributed by atoms with Crippen LogP contribution < -0.4 is 9.64 Å². The number of imide groups is 1. The highest BCUT2D eigenvalue weighted by Gasteiger charge is 2.46. The molecular formula is C27H30N2O3. The molecule has 5 heteroatoms. The summed E-state index contributed by atoms with van der Waals surface area (Å²) in [7, 11) is 1.61. The van der Waals surface area contributed by atoms with E-state index < -0.39 is 0 Å². The van der Waals surface area contributed by atoms with Crippen molar-refractivity contribution >= 4 is 23.1 Å². The van der Waals surface area contributed by atoms with Crippen LogP contribution in [0.2, 0.25) is 0 Å². The summed E-state index contributed by atoms with van der Waals surface area (Å²) in [5, 5.41) is 0. The van der Waals surface area contributed by atoms with Crippen molar-refractivity contribution in [3.63, 3.8) is 0 Å². The summed E-state index contributed by atoms with van der Waals surface area (Å²) >= 11 is 0. The lowest BCUT2D eigenvalue weighted by molar-refractivity contribution is -0.139. The molecule has 1 saturated carbocycles. The number of amides is 2. The van der Waals surface area contributed by atoms with Gasteiger partial charge in [-0.25, -0.2) is 0 Å². The maximum absolute atomic E-state index is 14.0. The first kappa shape index (κ1) is 20.8. The van der Waals surface area contributed by atoms with Crippen LogP contribution >= 0.6 is 0 Å². The van der Waals surface area contributed by atoms with Gasteiger partial charge in [-0.2, -0.15) is 0 Å². The first-order valence-electron chi connectivity index (χ1n) is 11.8. The molecule has 5 nitrogen and oxygen atoms in total. The number of hydrogen-bond acceptors (Lipinski definition) is 4. The number of methoxy groups -OCH3 is 1. The van der Waals surface area contributed by atoms with Crippen LogP contribution in [0.25, 0.3) is 5.57 Å². The Morgan fingerprint density at radius 2 is 1.56 bits per heavy atom. The lowest BCUT2D eigenvalue weighted by atomic mass is 9.98. The third-order valence-electron chi connectivity index (χ3n) is 7.04. The number of nitrogens with zero attached hydrogens (tertiary/aromatic N) is 2. The first-order valence-corrected chi connectivity index (χ1v) is 11.8. The van der Waals surface area contributed by atoms with Crippen molar-refractivity contribution in [2.45, 2.75) is 57.4 Å². The second kappa shape index (κ2) is 8.81. The topological polar surface area (TPSA) is 49.9 Å². The van der Waals surface area contributed by atoms with Crippen molar-refractivity contribution in [3.05, 3.63) is 65.4 Å². The van der Waals surface area contributed by atoms with Crippen LogP contribution in [0.15, 0.2) is 54.2 Å². The largest absolute Gasteiger partial charge is 0.496 e. The molecule has 2 heterocycles. The number of benzene rings is 2. The van der Waals surface area contributed by atoms with E-state index >= 15 is 0 Å². The molecule has 0 N–H and O–H groups in total. The molecule has 2 aromatic carbocycles. The van der Waals surface area contributed by atoms with Crippen LogP contribution in [0.3, 0.4) is 0 Å². The Morgan fingerprint density at radius 3 is 2.34 bits per heavy atom. The van der Waals surface area contributed by atoms with Gasteiger partial charge in [0.2, 0.25) is 0 Å². The van der Waals surface area contributed by atoms with Crippen LogP contribution in [-0.2, 0) is 16.0 Å². The van der Waals surface area contributed by atoms with Crippen LogP contribution in [0.5, 0.6) is 5.75 Å². The van der Waals surface area contributed by atoms with Gasteiger partial charge < -0.3 is 9.64 Å². The van der Waals surface area contributed by atoms with E-state index in [-0.39, 0.29) is 17.9 Å². The second-order valence-corrected chi connectivity index (χ2v) is 8.93. The highest BCUT2D eigenvalue weighted by molar-refractivity contribution is 6.37. The average Bonchev–Trinajstić information content (AvgIpc) is 2.98. The standard InChI is InChI=1S/C27H30N2O3/c1-32-23-17-9-7-15-21(23)24-25(28-18-10-12-19-11-6-8-16-22(19)28)27(31)29(26(24)30)20-13-4-2-3-5-14-20/h6-9,11,15-17,20H,2-5,10,12-14,18H2,1H3. The molecule has 0 saturated heterocycles. The van der Waals surface area contributed by atoms with Crippen LogP contribution in [0.1, 0.15) is 56.1 Å². The summed E-state index contributed by atoms with van der Waals surface area (Å²) in [6.07, 6.45) is 8.18. The Hall–Kier alpha value is -3.08. The number of ether oxygens (including phenoxy) is 1. The van der Waals surface area contributed by atoms with Gasteiger partial charge >= 0.3 is 0 Å². The third kappa shape index (κ3) is 3.50. The zero-order valence-electron chi connectivity index (χ0n) is 18.7. The van der Waals surface area contributed by atoms with E-state index in [0.717, 1.165) is 50.8 Å². The van der Waals surface area contributed by atoms with Gasteiger partial charge in [-0.15, -0.1) is 0 Å². The number of hydrogen-bond donors (Lipinski definition) is 0. The highest BCUT2D eigenvalue weighted by Crippen LogP contribution is 2.42.